The average molecular weight is 388 g/mol. The van der Waals surface area contributed by atoms with Crippen molar-refractivity contribution in [3.05, 3.63) is 35.2 Å². The van der Waals surface area contributed by atoms with Crippen LogP contribution < -0.4 is 4.90 Å². The van der Waals surface area contributed by atoms with Gasteiger partial charge in [-0.3, -0.25) is 10.2 Å². The lowest BCUT2D eigenvalue weighted by Gasteiger charge is -2.27. The number of fused-ring (bicyclic) bond motifs is 5. The number of rotatable bonds is 2. The van der Waals surface area contributed by atoms with Crippen molar-refractivity contribution in [3.63, 3.8) is 0 Å². The number of aryl methyl sites for hydroxylation is 2. The summed E-state index contributed by atoms with van der Waals surface area (Å²) in [5.41, 5.74) is 8.24. The summed E-state index contributed by atoms with van der Waals surface area (Å²) in [7, 11) is 0. The molecule has 2 N–H and O–H groups in total. The van der Waals surface area contributed by atoms with E-state index in [1.54, 1.807) is 0 Å². The Balaban J connectivity index is 1.67. The lowest BCUT2D eigenvalue weighted by Crippen LogP contribution is -2.36. The number of H-pyrrole nitrogens is 2. The first-order chi connectivity index (χ1) is 14.3. The van der Waals surface area contributed by atoms with Crippen LogP contribution in [0.2, 0.25) is 0 Å². The number of pyridine rings is 1. The lowest BCUT2D eigenvalue weighted by molar-refractivity contribution is 0.122. The fraction of sp³-hybridized carbons (Fsp3) is 0.409. The van der Waals surface area contributed by atoms with Crippen molar-refractivity contribution in [2.45, 2.75) is 32.6 Å². The van der Waals surface area contributed by atoms with E-state index in [9.17, 15) is 0 Å². The fourth-order valence-corrected chi connectivity index (χ4v) is 4.93. The second-order valence-electron chi connectivity index (χ2n) is 8.06. The number of aromatic amines is 2. The maximum Gasteiger partial charge on any atom is 0.159 e. The van der Waals surface area contributed by atoms with E-state index in [0.717, 1.165) is 72.9 Å². The van der Waals surface area contributed by atoms with Crippen molar-refractivity contribution in [3.8, 4) is 11.3 Å². The molecular weight excluding hydrogens is 364 g/mol. The Labute approximate surface area is 168 Å². The van der Waals surface area contributed by atoms with Crippen LogP contribution in [0.25, 0.3) is 33.1 Å². The molecule has 1 aromatic carbocycles. The third-order valence-corrected chi connectivity index (χ3v) is 6.37. The minimum absolute atomic E-state index is 0.749. The van der Waals surface area contributed by atoms with Crippen LogP contribution >= 0.6 is 0 Å². The van der Waals surface area contributed by atoms with Crippen LogP contribution in [-0.4, -0.2) is 51.7 Å². The first kappa shape index (κ1) is 17.0. The average Bonchev–Trinajstić information content (AvgIpc) is 3.39. The molecule has 1 aliphatic heterocycles. The maximum absolute atomic E-state index is 5.56. The minimum atomic E-state index is 0.749. The number of aromatic nitrogens is 5. The molecule has 0 atom stereocenters. The fourth-order valence-electron chi connectivity index (χ4n) is 4.93. The summed E-state index contributed by atoms with van der Waals surface area (Å²) in [5, 5.41) is 17.8. The van der Waals surface area contributed by atoms with Gasteiger partial charge in [-0.15, -0.1) is 0 Å². The predicted molar refractivity (Wildman–Crippen MR) is 113 cm³/mol. The lowest BCUT2D eigenvalue weighted by atomic mass is 9.85. The molecule has 1 fully saturated rings. The second kappa shape index (κ2) is 6.56. The zero-order valence-electron chi connectivity index (χ0n) is 16.6. The van der Waals surface area contributed by atoms with E-state index in [0.29, 0.717) is 0 Å². The van der Waals surface area contributed by atoms with Gasteiger partial charge in [0, 0.05) is 29.7 Å². The molecule has 1 aliphatic carbocycles. The van der Waals surface area contributed by atoms with E-state index in [2.05, 4.69) is 39.3 Å². The van der Waals surface area contributed by atoms with Gasteiger partial charge in [0.25, 0.3) is 0 Å². The smallest absolute Gasteiger partial charge is 0.159 e. The SMILES string of the molecule is Cc1[nH]ncc1-c1nc2ccc3[nH]nc(N4CCOCC4)c3c2c2c1CCCC2. The van der Waals surface area contributed by atoms with E-state index in [1.807, 2.05) is 6.20 Å². The Kier molecular flexibility index (Phi) is 3.84. The summed E-state index contributed by atoms with van der Waals surface area (Å²) in [6.45, 7) is 5.31. The van der Waals surface area contributed by atoms with Crippen LogP contribution in [0.1, 0.15) is 29.7 Å². The molecular formula is C22H24N6O. The number of benzene rings is 1. The van der Waals surface area contributed by atoms with E-state index >= 15 is 0 Å². The first-order valence-electron chi connectivity index (χ1n) is 10.5. The van der Waals surface area contributed by atoms with Gasteiger partial charge in [0.1, 0.15) is 0 Å². The highest BCUT2D eigenvalue weighted by Gasteiger charge is 2.25. The maximum atomic E-state index is 5.56. The molecule has 6 rings (SSSR count). The number of hydrogen-bond acceptors (Lipinski definition) is 5. The highest BCUT2D eigenvalue weighted by molar-refractivity contribution is 6.13. The number of nitrogens with one attached hydrogen (secondary N) is 2. The van der Waals surface area contributed by atoms with Crippen LogP contribution in [0.15, 0.2) is 18.3 Å². The van der Waals surface area contributed by atoms with E-state index in [1.165, 1.54) is 34.7 Å². The molecule has 0 radical (unpaired) electrons. The van der Waals surface area contributed by atoms with Crippen molar-refractivity contribution in [1.29, 1.82) is 0 Å². The molecule has 3 aromatic heterocycles. The first-order valence-corrected chi connectivity index (χ1v) is 10.5. The molecule has 7 nitrogen and oxygen atoms in total. The van der Waals surface area contributed by atoms with E-state index < -0.39 is 0 Å². The van der Waals surface area contributed by atoms with Gasteiger partial charge in [-0.1, -0.05) is 0 Å². The Bertz CT molecular complexity index is 1220. The third kappa shape index (κ3) is 2.57. The normalized spacial score (nSPS) is 17.2. The molecule has 0 spiro atoms. The Morgan fingerprint density at radius 2 is 1.83 bits per heavy atom. The van der Waals surface area contributed by atoms with Crippen LogP contribution in [0.5, 0.6) is 0 Å². The molecule has 0 saturated carbocycles. The molecule has 7 heteroatoms. The van der Waals surface area contributed by atoms with Gasteiger partial charge in [0.05, 0.1) is 41.5 Å². The number of anilines is 1. The zero-order chi connectivity index (χ0) is 19.4. The summed E-state index contributed by atoms with van der Waals surface area (Å²) >= 11 is 0. The van der Waals surface area contributed by atoms with Gasteiger partial charge in [0.2, 0.25) is 0 Å². The number of nitrogens with zero attached hydrogens (tertiary/aromatic N) is 4. The topological polar surface area (TPSA) is 82.7 Å². The number of morpholine rings is 1. The largest absolute Gasteiger partial charge is 0.378 e. The molecule has 4 aromatic rings. The summed E-state index contributed by atoms with van der Waals surface area (Å²) in [6.07, 6.45) is 6.50. The molecule has 148 valence electrons. The van der Waals surface area contributed by atoms with Gasteiger partial charge in [-0.2, -0.15) is 10.2 Å². The van der Waals surface area contributed by atoms with Crippen LogP contribution in [-0.2, 0) is 17.6 Å². The van der Waals surface area contributed by atoms with Crippen molar-refractivity contribution in [2.24, 2.45) is 0 Å². The van der Waals surface area contributed by atoms with Crippen LogP contribution in [0, 0.1) is 6.92 Å². The van der Waals surface area contributed by atoms with Gasteiger partial charge in [0.15, 0.2) is 5.82 Å². The Morgan fingerprint density at radius 3 is 2.62 bits per heavy atom. The summed E-state index contributed by atoms with van der Waals surface area (Å²) in [5.74, 6) is 1.04. The van der Waals surface area contributed by atoms with E-state index in [4.69, 9.17) is 14.8 Å². The number of ether oxygens (including phenoxy) is 1. The Hall–Kier alpha value is -2.93. The quantitative estimate of drug-likeness (QED) is 0.549. The molecule has 0 unspecified atom stereocenters. The standard InChI is InChI=1S/C22H24N6O/c1-13-16(12-23-25-13)21-15-5-3-2-4-14(15)19-17(24-21)6-7-18-20(19)22(27-26-18)28-8-10-29-11-9-28/h6-7,12H,2-5,8-11H2,1H3,(H,23,25)(H,26,27). The van der Waals surface area contributed by atoms with Crippen molar-refractivity contribution >= 4 is 27.6 Å². The highest BCUT2D eigenvalue weighted by Crippen LogP contribution is 2.40. The minimum Gasteiger partial charge on any atom is -0.378 e. The molecule has 2 aliphatic rings. The van der Waals surface area contributed by atoms with Crippen LogP contribution in [0.4, 0.5) is 5.82 Å². The van der Waals surface area contributed by atoms with Gasteiger partial charge >= 0.3 is 0 Å². The number of hydrogen-bond donors (Lipinski definition) is 2. The molecule has 4 heterocycles. The van der Waals surface area contributed by atoms with E-state index in [-0.39, 0.29) is 0 Å². The van der Waals surface area contributed by atoms with Gasteiger partial charge in [-0.25, -0.2) is 4.98 Å². The van der Waals surface area contributed by atoms with Crippen molar-refractivity contribution in [1.82, 2.24) is 25.4 Å². The Morgan fingerprint density at radius 1 is 1.00 bits per heavy atom. The molecule has 0 amide bonds. The predicted octanol–water partition coefficient (Wildman–Crippen LogP) is 3.53. The zero-order valence-corrected chi connectivity index (χ0v) is 16.6. The summed E-state index contributed by atoms with van der Waals surface area (Å²) in [4.78, 5) is 7.50. The summed E-state index contributed by atoms with van der Waals surface area (Å²) < 4.78 is 5.56. The monoisotopic (exact) mass is 388 g/mol. The molecule has 1 saturated heterocycles. The molecule has 0 bridgehead atoms. The van der Waals surface area contributed by atoms with Crippen molar-refractivity contribution in [2.75, 3.05) is 31.2 Å². The third-order valence-electron chi connectivity index (χ3n) is 6.37. The van der Waals surface area contributed by atoms with Gasteiger partial charge < -0.3 is 9.64 Å². The van der Waals surface area contributed by atoms with Crippen molar-refractivity contribution < 1.29 is 4.74 Å². The van der Waals surface area contributed by atoms with Gasteiger partial charge in [-0.05, 0) is 55.9 Å². The highest BCUT2D eigenvalue weighted by atomic mass is 16.5. The summed E-state index contributed by atoms with van der Waals surface area (Å²) in [6, 6.07) is 4.25. The molecule has 29 heavy (non-hydrogen) atoms. The second-order valence-corrected chi connectivity index (χ2v) is 8.06. The van der Waals surface area contributed by atoms with Crippen LogP contribution in [0.3, 0.4) is 0 Å².